The highest BCUT2D eigenvalue weighted by Gasteiger charge is 2.34. The first-order chi connectivity index (χ1) is 15.4. The van der Waals surface area contributed by atoms with Crippen molar-refractivity contribution >= 4 is 23.6 Å². The van der Waals surface area contributed by atoms with Crippen LogP contribution in [-0.4, -0.2) is 101 Å². The van der Waals surface area contributed by atoms with Crippen LogP contribution in [0.15, 0.2) is 0 Å². The quantitative estimate of drug-likeness (QED) is 0.656. The molecular formula is C21H33FN6O5. The van der Waals surface area contributed by atoms with Crippen LogP contribution in [-0.2, 0) is 4.74 Å². The van der Waals surface area contributed by atoms with Crippen molar-refractivity contribution in [2.24, 2.45) is 0 Å². The molecule has 12 heteroatoms. The van der Waals surface area contributed by atoms with E-state index < -0.39 is 23.8 Å². The van der Waals surface area contributed by atoms with E-state index in [4.69, 9.17) is 15.2 Å². The smallest absolute Gasteiger partial charge is 0.410 e. The molecule has 1 aromatic heterocycles. The van der Waals surface area contributed by atoms with E-state index in [0.29, 0.717) is 32.6 Å². The van der Waals surface area contributed by atoms with Crippen LogP contribution >= 0.6 is 0 Å². The first kappa shape index (κ1) is 24.7. The minimum Gasteiger partial charge on any atom is -0.476 e. The summed E-state index contributed by atoms with van der Waals surface area (Å²) in [5.74, 6) is -1.07. The van der Waals surface area contributed by atoms with Gasteiger partial charge in [0.1, 0.15) is 24.1 Å². The zero-order valence-corrected chi connectivity index (χ0v) is 19.7. The molecule has 0 spiro atoms. The molecule has 3 heterocycles. The van der Waals surface area contributed by atoms with Gasteiger partial charge in [-0.05, 0) is 41.2 Å². The molecule has 2 saturated heterocycles. The van der Waals surface area contributed by atoms with E-state index >= 15 is 0 Å². The zero-order chi connectivity index (χ0) is 24.5. The highest BCUT2D eigenvalue weighted by atomic mass is 19.1. The highest BCUT2D eigenvalue weighted by Crippen LogP contribution is 2.30. The van der Waals surface area contributed by atoms with Gasteiger partial charge in [-0.25, -0.2) is 14.0 Å². The van der Waals surface area contributed by atoms with Crippen LogP contribution < -0.4 is 15.4 Å². The summed E-state index contributed by atoms with van der Waals surface area (Å²) in [5.41, 5.74) is 5.08. The van der Waals surface area contributed by atoms with E-state index in [2.05, 4.69) is 9.97 Å². The molecule has 1 amide bonds. The number of carbonyl (C=O) groups excluding carboxylic acids is 1. The topological polar surface area (TPSA) is 134 Å². The Kier molecular flexibility index (Phi) is 7.15. The van der Waals surface area contributed by atoms with Gasteiger partial charge in [-0.15, -0.1) is 0 Å². The molecule has 3 N–H and O–H groups in total. The maximum absolute atomic E-state index is 13.6. The predicted octanol–water partition coefficient (Wildman–Crippen LogP) is 1.62. The van der Waals surface area contributed by atoms with E-state index in [9.17, 15) is 19.1 Å². The zero-order valence-electron chi connectivity index (χ0n) is 19.7. The summed E-state index contributed by atoms with van der Waals surface area (Å²) in [6.45, 7) is 8.81. The first-order valence-electron chi connectivity index (χ1n) is 11.0. The van der Waals surface area contributed by atoms with E-state index in [1.54, 1.807) is 32.7 Å². The number of rotatable bonds is 5. The van der Waals surface area contributed by atoms with E-state index in [0.717, 1.165) is 0 Å². The number of carboxylic acid groups (broad SMARTS) is 1. The Bertz CT molecular complexity index is 895. The number of piperazine rings is 1. The number of alkyl halides is 1. The standard InChI is InChI=1S/C21H33FN6O5/c1-12-9-27(20(31)33-21(2,3)4)6-7-28(12)17-15(23)16(18(29)30)24-19(25-17)32-11-14-8-13(22)10-26(14)5/h12-14H,6-11,23H2,1-5H3,(H,29,30)/t12?,13-,14+/m1/s1. The van der Waals surface area contributed by atoms with Crippen LogP contribution in [0.3, 0.4) is 0 Å². The summed E-state index contributed by atoms with van der Waals surface area (Å²) in [6.07, 6.45) is -1.01. The number of hydrogen-bond donors (Lipinski definition) is 2. The molecule has 2 fully saturated rings. The second kappa shape index (κ2) is 9.54. The van der Waals surface area contributed by atoms with Crippen LogP contribution in [0.4, 0.5) is 20.7 Å². The number of likely N-dealkylation sites (N-methyl/N-ethyl adjacent to an activating group) is 1. The van der Waals surface area contributed by atoms with Crippen molar-refractivity contribution in [2.45, 2.75) is 58.0 Å². The lowest BCUT2D eigenvalue weighted by Gasteiger charge is -2.41. The van der Waals surface area contributed by atoms with Gasteiger partial charge in [0.25, 0.3) is 0 Å². The van der Waals surface area contributed by atoms with Crippen LogP contribution in [0.1, 0.15) is 44.6 Å². The van der Waals surface area contributed by atoms with Crippen molar-refractivity contribution in [3.05, 3.63) is 5.69 Å². The molecule has 33 heavy (non-hydrogen) atoms. The van der Waals surface area contributed by atoms with Crippen LogP contribution in [0, 0.1) is 0 Å². The SMILES string of the molecule is CC1CN(C(=O)OC(C)(C)C)CCN1c1nc(OC[C@@H]2C[C@@H](F)CN2C)nc(C(=O)O)c1N. The van der Waals surface area contributed by atoms with E-state index in [1.165, 1.54) is 0 Å². The number of hydrogen-bond acceptors (Lipinski definition) is 9. The fourth-order valence-corrected chi connectivity index (χ4v) is 4.03. The van der Waals surface area contributed by atoms with Crippen molar-refractivity contribution in [2.75, 3.05) is 50.5 Å². The summed E-state index contributed by atoms with van der Waals surface area (Å²) in [7, 11) is 1.80. The third-order valence-electron chi connectivity index (χ3n) is 5.70. The van der Waals surface area contributed by atoms with Gasteiger partial charge >= 0.3 is 18.1 Å². The van der Waals surface area contributed by atoms with Gasteiger partial charge in [-0.3, -0.25) is 4.90 Å². The Balaban J connectivity index is 1.77. The number of aromatic carboxylic acids is 1. The van der Waals surface area contributed by atoms with Gasteiger partial charge in [0.15, 0.2) is 11.5 Å². The molecule has 0 bridgehead atoms. The number of anilines is 2. The number of halogens is 1. The summed E-state index contributed by atoms with van der Waals surface area (Å²) in [4.78, 5) is 37.8. The van der Waals surface area contributed by atoms with Crippen LogP contribution in [0.5, 0.6) is 6.01 Å². The van der Waals surface area contributed by atoms with Crippen molar-refractivity contribution in [1.29, 1.82) is 0 Å². The fourth-order valence-electron chi connectivity index (χ4n) is 4.03. The van der Waals surface area contributed by atoms with Gasteiger partial charge in [0, 0.05) is 38.3 Å². The number of nitrogens with two attached hydrogens (primary N) is 1. The Hall–Kier alpha value is -2.89. The predicted molar refractivity (Wildman–Crippen MR) is 119 cm³/mol. The lowest BCUT2D eigenvalue weighted by Crippen LogP contribution is -2.55. The lowest BCUT2D eigenvalue weighted by atomic mass is 10.1. The summed E-state index contributed by atoms with van der Waals surface area (Å²) < 4.78 is 24.8. The fraction of sp³-hybridized carbons (Fsp3) is 0.714. The second-order valence-electron chi connectivity index (χ2n) is 9.60. The molecule has 0 radical (unpaired) electrons. The number of aromatic nitrogens is 2. The van der Waals surface area contributed by atoms with Crippen molar-refractivity contribution < 1.29 is 28.6 Å². The molecular weight excluding hydrogens is 435 g/mol. The number of ether oxygens (including phenoxy) is 2. The Labute approximate surface area is 192 Å². The first-order valence-corrected chi connectivity index (χ1v) is 11.0. The number of amides is 1. The Morgan fingerprint density at radius 2 is 1.94 bits per heavy atom. The molecule has 1 aromatic rings. The van der Waals surface area contributed by atoms with Gasteiger partial charge in [-0.1, -0.05) is 0 Å². The maximum atomic E-state index is 13.6. The molecule has 0 aliphatic carbocycles. The second-order valence-corrected chi connectivity index (χ2v) is 9.60. The average Bonchev–Trinajstić information content (AvgIpc) is 3.02. The van der Waals surface area contributed by atoms with Gasteiger partial charge in [0.05, 0.1) is 0 Å². The Morgan fingerprint density at radius 1 is 1.24 bits per heavy atom. The van der Waals surface area contributed by atoms with E-state index in [1.807, 2.05) is 16.7 Å². The minimum absolute atomic E-state index is 0.0748. The van der Waals surface area contributed by atoms with E-state index in [-0.39, 0.29) is 41.9 Å². The maximum Gasteiger partial charge on any atom is 0.410 e. The monoisotopic (exact) mass is 468 g/mol. The molecule has 2 aliphatic heterocycles. The average molecular weight is 469 g/mol. The lowest BCUT2D eigenvalue weighted by molar-refractivity contribution is 0.0218. The molecule has 184 valence electrons. The molecule has 1 unspecified atom stereocenters. The summed E-state index contributed by atoms with van der Waals surface area (Å²) in [5, 5.41) is 9.59. The third-order valence-corrected chi connectivity index (χ3v) is 5.70. The number of carboxylic acids is 1. The number of nitrogen functional groups attached to an aromatic ring is 1. The van der Waals surface area contributed by atoms with Gasteiger partial charge < -0.3 is 30.1 Å². The van der Waals surface area contributed by atoms with Gasteiger partial charge in [0.2, 0.25) is 0 Å². The van der Waals surface area contributed by atoms with Crippen molar-refractivity contribution in [3.63, 3.8) is 0 Å². The third kappa shape index (κ3) is 5.92. The largest absolute Gasteiger partial charge is 0.476 e. The van der Waals surface area contributed by atoms with Gasteiger partial charge in [-0.2, -0.15) is 9.97 Å². The number of nitrogens with zero attached hydrogens (tertiary/aromatic N) is 5. The highest BCUT2D eigenvalue weighted by molar-refractivity contribution is 5.94. The Morgan fingerprint density at radius 3 is 2.48 bits per heavy atom. The van der Waals surface area contributed by atoms with Crippen LogP contribution in [0.25, 0.3) is 0 Å². The molecule has 2 aliphatic rings. The number of carbonyl (C=O) groups is 2. The molecule has 0 saturated carbocycles. The summed E-state index contributed by atoms with van der Waals surface area (Å²) >= 11 is 0. The molecule has 3 rings (SSSR count). The molecule has 3 atom stereocenters. The summed E-state index contributed by atoms with van der Waals surface area (Å²) in [6, 6.07) is -0.505. The van der Waals surface area contributed by atoms with Crippen molar-refractivity contribution in [3.8, 4) is 6.01 Å². The van der Waals surface area contributed by atoms with Crippen molar-refractivity contribution in [1.82, 2.24) is 19.8 Å². The molecule has 11 nitrogen and oxygen atoms in total. The number of likely N-dealkylation sites (tertiary alicyclic amines) is 1. The normalized spacial score (nSPS) is 24.1. The van der Waals surface area contributed by atoms with Crippen LogP contribution in [0.2, 0.25) is 0 Å². The molecule has 0 aromatic carbocycles. The minimum atomic E-state index is -1.30.